The molecule has 1 fully saturated rings. The number of hydrogen-bond donors (Lipinski definition) is 1. The maximum Gasteiger partial charge on any atom is 0.142 e. The molecule has 0 radical (unpaired) electrons. The molecule has 3 heteroatoms. The Kier molecular flexibility index (Phi) is 3.41. The summed E-state index contributed by atoms with van der Waals surface area (Å²) in [7, 11) is 1.75. The fourth-order valence-corrected chi connectivity index (χ4v) is 3.28. The van der Waals surface area contributed by atoms with Crippen LogP contribution in [0.25, 0.3) is 0 Å². The van der Waals surface area contributed by atoms with Gasteiger partial charge in [0.15, 0.2) is 0 Å². The number of nitrogens with one attached hydrogen (secondary N) is 1. The standard InChI is InChI=1S/C15H22N2O/c1-18-14-7-5-6-12-13(8-9-16-15(12)14)17-10-3-2-4-11-17/h5-7,13,16H,2-4,8-11H2,1H3. The zero-order chi connectivity index (χ0) is 12.4. The molecule has 3 rings (SSSR count). The van der Waals surface area contributed by atoms with Crippen molar-refractivity contribution in [2.45, 2.75) is 31.7 Å². The van der Waals surface area contributed by atoms with Gasteiger partial charge in [-0.25, -0.2) is 0 Å². The summed E-state index contributed by atoms with van der Waals surface area (Å²) in [5.74, 6) is 0.981. The highest BCUT2D eigenvalue weighted by atomic mass is 16.5. The second kappa shape index (κ2) is 5.19. The van der Waals surface area contributed by atoms with Gasteiger partial charge in [-0.05, 0) is 44.0 Å². The number of benzene rings is 1. The van der Waals surface area contributed by atoms with Crippen molar-refractivity contribution < 1.29 is 4.74 Å². The highest BCUT2D eigenvalue weighted by Gasteiger charge is 2.28. The van der Waals surface area contributed by atoms with E-state index in [1.165, 1.54) is 50.0 Å². The Morgan fingerprint density at radius 1 is 1.22 bits per heavy atom. The first-order valence-corrected chi connectivity index (χ1v) is 7.05. The van der Waals surface area contributed by atoms with Gasteiger partial charge in [0.05, 0.1) is 12.8 Å². The largest absolute Gasteiger partial charge is 0.495 e. The van der Waals surface area contributed by atoms with E-state index >= 15 is 0 Å². The van der Waals surface area contributed by atoms with Gasteiger partial charge in [-0.1, -0.05) is 18.6 Å². The summed E-state index contributed by atoms with van der Waals surface area (Å²) >= 11 is 0. The van der Waals surface area contributed by atoms with E-state index in [2.05, 4.69) is 22.3 Å². The van der Waals surface area contributed by atoms with Gasteiger partial charge in [-0.3, -0.25) is 4.90 Å². The van der Waals surface area contributed by atoms with E-state index < -0.39 is 0 Å². The third kappa shape index (κ3) is 2.07. The molecular weight excluding hydrogens is 224 g/mol. The lowest BCUT2D eigenvalue weighted by atomic mass is 9.94. The number of nitrogens with zero attached hydrogens (tertiary/aromatic N) is 1. The SMILES string of the molecule is COc1cccc2c1NCCC2N1CCCCC1. The zero-order valence-electron chi connectivity index (χ0n) is 11.1. The topological polar surface area (TPSA) is 24.5 Å². The molecule has 1 N–H and O–H groups in total. The number of ether oxygens (including phenoxy) is 1. The normalized spacial score (nSPS) is 24.2. The third-order valence-corrected chi connectivity index (χ3v) is 4.19. The van der Waals surface area contributed by atoms with Crippen molar-refractivity contribution >= 4 is 5.69 Å². The average molecular weight is 246 g/mol. The maximum atomic E-state index is 5.47. The highest BCUT2D eigenvalue weighted by Crippen LogP contribution is 2.40. The number of likely N-dealkylation sites (tertiary alicyclic amines) is 1. The van der Waals surface area contributed by atoms with Crippen molar-refractivity contribution in [2.24, 2.45) is 0 Å². The van der Waals surface area contributed by atoms with E-state index in [4.69, 9.17) is 4.74 Å². The predicted molar refractivity (Wildman–Crippen MR) is 74.3 cm³/mol. The molecule has 0 aliphatic carbocycles. The Morgan fingerprint density at radius 3 is 2.83 bits per heavy atom. The van der Waals surface area contributed by atoms with Crippen LogP contribution >= 0.6 is 0 Å². The zero-order valence-corrected chi connectivity index (χ0v) is 11.1. The predicted octanol–water partition coefficient (Wildman–Crippen LogP) is 3.04. The molecule has 0 amide bonds. The molecule has 3 nitrogen and oxygen atoms in total. The molecular formula is C15H22N2O. The molecule has 1 aromatic carbocycles. The molecule has 0 saturated carbocycles. The molecule has 0 aromatic heterocycles. The van der Waals surface area contributed by atoms with Crippen molar-refractivity contribution in [3.05, 3.63) is 23.8 Å². The van der Waals surface area contributed by atoms with Gasteiger partial charge in [0.1, 0.15) is 5.75 Å². The van der Waals surface area contributed by atoms with E-state index in [-0.39, 0.29) is 0 Å². The molecule has 2 heterocycles. The molecule has 98 valence electrons. The van der Waals surface area contributed by atoms with Crippen LogP contribution < -0.4 is 10.1 Å². The minimum absolute atomic E-state index is 0.580. The molecule has 0 spiro atoms. The lowest BCUT2D eigenvalue weighted by Gasteiger charge is -2.38. The molecule has 1 saturated heterocycles. The van der Waals surface area contributed by atoms with Gasteiger partial charge in [0.2, 0.25) is 0 Å². The fourth-order valence-electron chi connectivity index (χ4n) is 3.28. The van der Waals surface area contributed by atoms with Gasteiger partial charge in [0.25, 0.3) is 0 Å². The summed E-state index contributed by atoms with van der Waals surface area (Å²) in [5.41, 5.74) is 2.63. The number of para-hydroxylation sites is 1. The van der Waals surface area contributed by atoms with Crippen LogP contribution in [0.3, 0.4) is 0 Å². The van der Waals surface area contributed by atoms with Crippen LogP contribution in [0.5, 0.6) is 5.75 Å². The second-order valence-corrected chi connectivity index (χ2v) is 5.25. The summed E-state index contributed by atoms with van der Waals surface area (Å²) in [4.78, 5) is 2.66. The van der Waals surface area contributed by atoms with E-state index in [1.807, 2.05) is 6.07 Å². The Bertz CT molecular complexity index is 413. The Balaban J connectivity index is 1.91. The van der Waals surface area contributed by atoms with E-state index in [1.54, 1.807) is 7.11 Å². The summed E-state index contributed by atoms with van der Waals surface area (Å²) in [5, 5.41) is 3.50. The maximum absolute atomic E-state index is 5.47. The quantitative estimate of drug-likeness (QED) is 0.868. The Hall–Kier alpha value is -1.22. The third-order valence-electron chi connectivity index (χ3n) is 4.19. The first-order chi connectivity index (χ1) is 8.90. The van der Waals surface area contributed by atoms with Crippen LogP contribution in [-0.4, -0.2) is 31.6 Å². The number of fused-ring (bicyclic) bond motifs is 1. The fraction of sp³-hybridized carbons (Fsp3) is 0.600. The number of piperidine rings is 1. The van der Waals surface area contributed by atoms with Crippen LogP contribution in [0.1, 0.15) is 37.3 Å². The molecule has 2 aliphatic heterocycles. The van der Waals surface area contributed by atoms with Gasteiger partial charge < -0.3 is 10.1 Å². The van der Waals surface area contributed by atoms with Crippen molar-refractivity contribution in [1.82, 2.24) is 4.90 Å². The Labute approximate surface area is 109 Å². The lowest BCUT2D eigenvalue weighted by molar-refractivity contribution is 0.156. The minimum atomic E-state index is 0.580. The van der Waals surface area contributed by atoms with Gasteiger partial charge in [0, 0.05) is 12.6 Å². The second-order valence-electron chi connectivity index (χ2n) is 5.25. The molecule has 1 aromatic rings. The van der Waals surface area contributed by atoms with Crippen molar-refractivity contribution in [3.63, 3.8) is 0 Å². The van der Waals surface area contributed by atoms with Gasteiger partial charge >= 0.3 is 0 Å². The van der Waals surface area contributed by atoms with Crippen LogP contribution in [0.15, 0.2) is 18.2 Å². The van der Waals surface area contributed by atoms with Crippen molar-refractivity contribution in [1.29, 1.82) is 0 Å². The summed E-state index contributed by atoms with van der Waals surface area (Å²) in [6, 6.07) is 6.99. The molecule has 1 unspecified atom stereocenters. The monoisotopic (exact) mass is 246 g/mol. The van der Waals surface area contributed by atoms with E-state index in [0.29, 0.717) is 6.04 Å². The van der Waals surface area contributed by atoms with E-state index in [9.17, 15) is 0 Å². The van der Waals surface area contributed by atoms with E-state index in [0.717, 1.165) is 12.3 Å². The average Bonchev–Trinajstić information content (AvgIpc) is 2.47. The number of methoxy groups -OCH3 is 1. The molecule has 1 atom stereocenters. The van der Waals surface area contributed by atoms with Gasteiger partial charge in [-0.15, -0.1) is 0 Å². The number of hydrogen-bond acceptors (Lipinski definition) is 3. The minimum Gasteiger partial charge on any atom is -0.495 e. The number of anilines is 1. The van der Waals surface area contributed by atoms with Crippen LogP contribution in [0.4, 0.5) is 5.69 Å². The van der Waals surface area contributed by atoms with Crippen LogP contribution in [0, 0.1) is 0 Å². The summed E-state index contributed by atoms with van der Waals surface area (Å²) in [6.45, 7) is 3.55. The first-order valence-electron chi connectivity index (χ1n) is 7.05. The molecule has 0 bridgehead atoms. The molecule has 18 heavy (non-hydrogen) atoms. The summed E-state index contributed by atoms with van der Waals surface area (Å²) < 4.78 is 5.47. The van der Waals surface area contributed by atoms with Crippen molar-refractivity contribution in [2.75, 3.05) is 32.1 Å². The smallest absolute Gasteiger partial charge is 0.142 e. The van der Waals surface area contributed by atoms with Crippen molar-refractivity contribution in [3.8, 4) is 5.75 Å². The van der Waals surface area contributed by atoms with Crippen LogP contribution in [-0.2, 0) is 0 Å². The summed E-state index contributed by atoms with van der Waals surface area (Å²) in [6.07, 6.45) is 5.30. The number of rotatable bonds is 2. The molecule has 2 aliphatic rings. The van der Waals surface area contributed by atoms with Gasteiger partial charge in [-0.2, -0.15) is 0 Å². The highest BCUT2D eigenvalue weighted by molar-refractivity contribution is 5.64. The Morgan fingerprint density at radius 2 is 2.06 bits per heavy atom. The lowest BCUT2D eigenvalue weighted by Crippen LogP contribution is -2.36. The van der Waals surface area contributed by atoms with Crippen LogP contribution in [0.2, 0.25) is 0 Å². The first kappa shape index (κ1) is 11.8.